The van der Waals surface area contributed by atoms with Gasteiger partial charge in [-0.15, -0.1) is 0 Å². The van der Waals surface area contributed by atoms with E-state index in [1.165, 1.54) is 0 Å². The van der Waals surface area contributed by atoms with Crippen LogP contribution in [-0.2, 0) is 6.42 Å². The number of hydrogen-bond acceptors (Lipinski definition) is 3. The van der Waals surface area contributed by atoms with Gasteiger partial charge in [0.25, 0.3) is 0 Å². The van der Waals surface area contributed by atoms with Gasteiger partial charge < -0.3 is 9.47 Å². The van der Waals surface area contributed by atoms with E-state index in [2.05, 4.69) is 6.07 Å². The first kappa shape index (κ1) is 13.4. The second kappa shape index (κ2) is 5.09. The van der Waals surface area contributed by atoms with E-state index < -0.39 is 5.41 Å². The molecule has 0 amide bonds. The van der Waals surface area contributed by atoms with E-state index in [9.17, 15) is 0 Å². The summed E-state index contributed by atoms with van der Waals surface area (Å²) < 4.78 is 10.7. The summed E-state index contributed by atoms with van der Waals surface area (Å²) in [5.74, 6) is 1.62. The zero-order valence-electron chi connectivity index (χ0n) is 11.1. The van der Waals surface area contributed by atoms with Crippen LogP contribution in [0, 0.1) is 23.7 Å². The second-order valence-corrected chi connectivity index (χ2v) is 4.76. The number of methoxy groups -OCH3 is 2. The summed E-state index contributed by atoms with van der Waals surface area (Å²) in [5, 5.41) is 9.07. The maximum Gasteiger partial charge on any atom is 0.128 e. The van der Waals surface area contributed by atoms with Gasteiger partial charge in [0.05, 0.1) is 25.7 Å². The summed E-state index contributed by atoms with van der Waals surface area (Å²) >= 11 is 0. The van der Waals surface area contributed by atoms with Crippen molar-refractivity contribution in [1.29, 1.82) is 5.26 Å². The third kappa shape index (κ3) is 2.91. The molecule has 0 saturated carbocycles. The van der Waals surface area contributed by atoms with Gasteiger partial charge in [0.1, 0.15) is 11.5 Å². The molecule has 0 aliphatic carbocycles. The molecule has 1 aromatic carbocycles. The summed E-state index contributed by atoms with van der Waals surface area (Å²) in [6.45, 7) is 5.80. The van der Waals surface area contributed by atoms with E-state index in [-0.39, 0.29) is 0 Å². The standard InChI is InChI=1S/C14H19NO2/c1-10-12(16-4)7-6-11(13(10)17-5)8-14(2,3)9-15/h6-7H,8H2,1-5H3. The van der Waals surface area contributed by atoms with E-state index in [4.69, 9.17) is 14.7 Å². The van der Waals surface area contributed by atoms with Crippen molar-refractivity contribution in [2.24, 2.45) is 5.41 Å². The molecule has 0 saturated heterocycles. The van der Waals surface area contributed by atoms with Gasteiger partial charge in [-0.2, -0.15) is 5.26 Å². The lowest BCUT2D eigenvalue weighted by Gasteiger charge is -2.19. The van der Waals surface area contributed by atoms with Crippen molar-refractivity contribution in [3.8, 4) is 17.6 Å². The van der Waals surface area contributed by atoms with Gasteiger partial charge in [-0.1, -0.05) is 6.07 Å². The molecule has 0 aliphatic heterocycles. The highest BCUT2D eigenvalue weighted by Crippen LogP contribution is 2.34. The minimum Gasteiger partial charge on any atom is -0.496 e. The van der Waals surface area contributed by atoms with Crippen LogP contribution in [0.1, 0.15) is 25.0 Å². The molecule has 0 fully saturated rings. The quantitative estimate of drug-likeness (QED) is 0.802. The molecule has 0 atom stereocenters. The van der Waals surface area contributed by atoms with Crippen LogP contribution in [0.25, 0.3) is 0 Å². The topological polar surface area (TPSA) is 42.2 Å². The minimum atomic E-state index is -0.395. The molecule has 0 aliphatic rings. The van der Waals surface area contributed by atoms with Crippen molar-refractivity contribution in [1.82, 2.24) is 0 Å². The summed E-state index contributed by atoms with van der Waals surface area (Å²) in [7, 11) is 3.28. The van der Waals surface area contributed by atoms with Crippen LogP contribution in [0.15, 0.2) is 12.1 Å². The lowest BCUT2D eigenvalue weighted by molar-refractivity contribution is 0.379. The first-order valence-corrected chi connectivity index (χ1v) is 5.57. The number of nitriles is 1. The summed E-state index contributed by atoms with van der Waals surface area (Å²) in [6, 6.07) is 6.18. The zero-order chi connectivity index (χ0) is 13.1. The van der Waals surface area contributed by atoms with Crippen molar-refractivity contribution >= 4 is 0 Å². The lowest BCUT2D eigenvalue weighted by Crippen LogP contribution is -2.13. The van der Waals surface area contributed by atoms with Gasteiger partial charge in [-0.3, -0.25) is 0 Å². The highest BCUT2D eigenvalue weighted by molar-refractivity contribution is 5.49. The van der Waals surface area contributed by atoms with Crippen molar-refractivity contribution < 1.29 is 9.47 Å². The Morgan fingerprint density at radius 2 is 1.88 bits per heavy atom. The van der Waals surface area contributed by atoms with E-state index in [1.54, 1.807) is 14.2 Å². The molecular formula is C14H19NO2. The number of rotatable bonds is 4. The summed E-state index contributed by atoms with van der Waals surface area (Å²) in [4.78, 5) is 0. The molecule has 92 valence electrons. The average Bonchev–Trinajstić information content (AvgIpc) is 2.29. The SMILES string of the molecule is COc1ccc(CC(C)(C)C#N)c(OC)c1C. The fourth-order valence-corrected chi connectivity index (χ4v) is 1.89. The van der Waals surface area contributed by atoms with Crippen molar-refractivity contribution in [2.45, 2.75) is 27.2 Å². The Balaban J connectivity index is 3.19. The van der Waals surface area contributed by atoms with Gasteiger partial charge in [0.15, 0.2) is 0 Å². The highest BCUT2D eigenvalue weighted by atomic mass is 16.5. The predicted molar refractivity (Wildman–Crippen MR) is 67.4 cm³/mol. The van der Waals surface area contributed by atoms with Gasteiger partial charge in [-0.05, 0) is 38.8 Å². The van der Waals surface area contributed by atoms with Crippen LogP contribution < -0.4 is 9.47 Å². The molecule has 1 rings (SSSR count). The molecular weight excluding hydrogens is 214 g/mol. The van der Waals surface area contributed by atoms with Crippen LogP contribution in [0.3, 0.4) is 0 Å². The molecule has 0 radical (unpaired) electrons. The highest BCUT2D eigenvalue weighted by Gasteiger charge is 2.21. The van der Waals surface area contributed by atoms with Crippen LogP contribution in [0.2, 0.25) is 0 Å². The molecule has 3 nitrogen and oxygen atoms in total. The maximum atomic E-state index is 9.07. The monoisotopic (exact) mass is 233 g/mol. The molecule has 0 unspecified atom stereocenters. The van der Waals surface area contributed by atoms with E-state index in [0.717, 1.165) is 22.6 Å². The molecule has 0 spiro atoms. The Labute approximate surface area is 103 Å². The number of ether oxygens (including phenoxy) is 2. The van der Waals surface area contributed by atoms with Crippen molar-refractivity contribution in [2.75, 3.05) is 14.2 Å². The molecule has 0 aromatic heterocycles. The van der Waals surface area contributed by atoms with E-state index in [0.29, 0.717) is 6.42 Å². The van der Waals surface area contributed by atoms with Crippen LogP contribution in [0.5, 0.6) is 11.5 Å². The maximum absolute atomic E-state index is 9.07. The Kier molecular flexibility index (Phi) is 4.01. The normalized spacial score (nSPS) is 10.8. The van der Waals surface area contributed by atoms with Gasteiger partial charge in [0, 0.05) is 5.56 Å². The average molecular weight is 233 g/mol. The smallest absolute Gasteiger partial charge is 0.128 e. The number of benzene rings is 1. The molecule has 0 bridgehead atoms. The Bertz CT molecular complexity index is 444. The third-order valence-corrected chi connectivity index (χ3v) is 2.80. The Hall–Kier alpha value is -1.69. The van der Waals surface area contributed by atoms with Crippen LogP contribution in [-0.4, -0.2) is 14.2 Å². The molecule has 0 N–H and O–H groups in total. The van der Waals surface area contributed by atoms with Gasteiger partial charge in [-0.25, -0.2) is 0 Å². The first-order chi connectivity index (χ1) is 7.95. The van der Waals surface area contributed by atoms with Crippen LogP contribution in [0.4, 0.5) is 0 Å². The lowest BCUT2D eigenvalue weighted by atomic mass is 9.86. The number of nitrogens with zero attached hydrogens (tertiary/aromatic N) is 1. The van der Waals surface area contributed by atoms with Gasteiger partial charge >= 0.3 is 0 Å². The molecule has 17 heavy (non-hydrogen) atoms. The zero-order valence-corrected chi connectivity index (χ0v) is 11.1. The second-order valence-electron chi connectivity index (χ2n) is 4.76. The van der Waals surface area contributed by atoms with Gasteiger partial charge in [0.2, 0.25) is 0 Å². The predicted octanol–water partition coefficient (Wildman–Crippen LogP) is 3.10. The summed E-state index contributed by atoms with van der Waals surface area (Å²) in [5.41, 5.74) is 1.62. The Morgan fingerprint density at radius 3 is 2.35 bits per heavy atom. The largest absolute Gasteiger partial charge is 0.496 e. The minimum absolute atomic E-state index is 0.395. The van der Waals surface area contributed by atoms with E-state index >= 15 is 0 Å². The van der Waals surface area contributed by atoms with Crippen molar-refractivity contribution in [3.05, 3.63) is 23.3 Å². The fourth-order valence-electron chi connectivity index (χ4n) is 1.89. The van der Waals surface area contributed by atoms with Crippen molar-refractivity contribution in [3.63, 3.8) is 0 Å². The summed E-state index contributed by atoms with van der Waals surface area (Å²) in [6.07, 6.45) is 0.664. The molecule has 1 aromatic rings. The number of hydrogen-bond donors (Lipinski definition) is 0. The van der Waals surface area contributed by atoms with E-state index in [1.807, 2.05) is 32.9 Å². The Morgan fingerprint density at radius 1 is 1.24 bits per heavy atom. The molecule has 3 heteroatoms. The first-order valence-electron chi connectivity index (χ1n) is 5.57. The molecule has 0 heterocycles. The third-order valence-electron chi connectivity index (χ3n) is 2.80. The fraction of sp³-hybridized carbons (Fsp3) is 0.500. The van der Waals surface area contributed by atoms with Crippen LogP contribution >= 0.6 is 0 Å².